The molecule has 6 nitrogen and oxygen atoms in total. The number of hydrogen-bond acceptors (Lipinski definition) is 6. The number of ether oxygens (including phenoxy) is 3. The maximum Gasteiger partial charge on any atom is 0.357 e. The molecule has 0 amide bonds. The van der Waals surface area contributed by atoms with Crippen LogP contribution in [0.5, 0.6) is 5.75 Å². The number of halogens is 2. The van der Waals surface area contributed by atoms with Gasteiger partial charge in [0.1, 0.15) is 25.1 Å². The van der Waals surface area contributed by atoms with E-state index in [2.05, 4.69) is 0 Å². The van der Waals surface area contributed by atoms with Gasteiger partial charge in [-0.2, -0.15) is 8.78 Å². The Hall–Kier alpha value is -1.81. The molecule has 0 radical (unpaired) electrons. The zero-order valence-corrected chi connectivity index (χ0v) is 13.8. The lowest BCUT2D eigenvalue weighted by Gasteiger charge is -2.20. The van der Waals surface area contributed by atoms with Gasteiger partial charge in [-0.15, -0.1) is 0 Å². The van der Waals surface area contributed by atoms with E-state index in [0.717, 1.165) is 10.8 Å². The second kappa shape index (κ2) is 6.83. The molecule has 0 aliphatic carbocycles. The highest BCUT2D eigenvalue weighted by Crippen LogP contribution is 2.29. The van der Waals surface area contributed by atoms with E-state index in [1.807, 2.05) is 6.07 Å². The molecule has 1 heterocycles. The van der Waals surface area contributed by atoms with E-state index in [1.165, 1.54) is 0 Å². The molecule has 9 heteroatoms. The van der Waals surface area contributed by atoms with Crippen molar-refractivity contribution in [2.24, 2.45) is 0 Å². The quantitative estimate of drug-likeness (QED) is 0.521. The van der Waals surface area contributed by atoms with Gasteiger partial charge in [-0.05, 0) is 17.0 Å². The highest BCUT2D eigenvalue weighted by molar-refractivity contribution is 7.86. The van der Waals surface area contributed by atoms with Crippen LogP contribution in [0.1, 0.15) is 5.56 Å². The molecular weight excluding hydrogens is 358 g/mol. The van der Waals surface area contributed by atoms with Crippen LogP contribution in [0, 0.1) is 0 Å². The summed E-state index contributed by atoms with van der Waals surface area (Å²) in [7, 11) is -5.76. The van der Waals surface area contributed by atoms with Crippen LogP contribution < -0.4 is 4.74 Å². The maximum absolute atomic E-state index is 13.1. The third-order valence-corrected chi connectivity index (χ3v) is 4.54. The first-order valence-electron chi connectivity index (χ1n) is 7.44. The number of alkyl halides is 2. The summed E-state index contributed by atoms with van der Waals surface area (Å²) in [5.41, 5.74) is 0.574. The second-order valence-corrected chi connectivity index (χ2v) is 7.12. The fourth-order valence-electron chi connectivity index (χ4n) is 2.30. The molecule has 0 aromatic heterocycles. The molecule has 0 saturated carbocycles. The average molecular weight is 373 g/mol. The molecule has 136 valence electrons. The molecule has 25 heavy (non-hydrogen) atoms. The lowest BCUT2D eigenvalue weighted by Crippen LogP contribution is -2.33. The SMILES string of the molecule is O=S(=O)([O-])C(F)(F)COCc1cccc2c(OCC3CO3)cccc12. The molecule has 1 fully saturated rings. The van der Waals surface area contributed by atoms with E-state index in [1.54, 1.807) is 30.3 Å². The summed E-state index contributed by atoms with van der Waals surface area (Å²) in [6.07, 6.45) is 0.0954. The average Bonchev–Trinajstić information content (AvgIpc) is 3.36. The fraction of sp³-hybridized carbons (Fsp3) is 0.375. The van der Waals surface area contributed by atoms with Gasteiger partial charge in [0.05, 0.1) is 13.2 Å². The second-order valence-electron chi connectivity index (χ2n) is 5.62. The lowest BCUT2D eigenvalue weighted by atomic mass is 10.0. The van der Waals surface area contributed by atoms with Gasteiger partial charge in [-0.25, -0.2) is 8.42 Å². The van der Waals surface area contributed by atoms with E-state index in [-0.39, 0.29) is 12.7 Å². The lowest BCUT2D eigenvalue weighted by molar-refractivity contribution is -0.0267. The summed E-state index contributed by atoms with van der Waals surface area (Å²) >= 11 is 0. The van der Waals surface area contributed by atoms with E-state index in [4.69, 9.17) is 14.2 Å². The van der Waals surface area contributed by atoms with Gasteiger partial charge in [-0.1, -0.05) is 30.3 Å². The van der Waals surface area contributed by atoms with Crippen molar-refractivity contribution in [1.82, 2.24) is 0 Å². The predicted octanol–water partition coefficient (Wildman–Crippen LogP) is 2.27. The molecule has 2 aromatic rings. The highest BCUT2D eigenvalue weighted by Gasteiger charge is 2.37. The standard InChI is InChI=1S/C16H16F2O6S/c17-16(18,25(19,20)21)10-22-7-11-3-1-5-14-13(11)4-2-6-15(14)24-9-12-8-23-12/h1-6,12H,7-10H2,(H,19,20,21)/p-1. The van der Waals surface area contributed by atoms with Crippen LogP contribution in [-0.2, 0) is 26.2 Å². The summed E-state index contributed by atoms with van der Waals surface area (Å²) < 4.78 is 73.2. The van der Waals surface area contributed by atoms with Gasteiger partial charge in [0.25, 0.3) is 0 Å². The summed E-state index contributed by atoms with van der Waals surface area (Å²) in [6.45, 7) is -0.670. The Bertz CT molecular complexity index is 864. The Labute approximate surface area is 143 Å². The molecule has 1 saturated heterocycles. The van der Waals surface area contributed by atoms with Crippen LogP contribution in [0.4, 0.5) is 8.78 Å². The minimum absolute atomic E-state index is 0.0954. The van der Waals surface area contributed by atoms with Gasteiger partial charge < -0.3 is 18.8 Å². The fourth-order valence-corrected chi connectivity index (χ4v) is 2.52. The molecule has 1 aliphatic heterocycles. The zero-order valence-electron chi connectivity index (χ0n) is 13.0. The van der Waals surface area contributed by atoms with Gasteiger partial charge in [0.15, 0.2) is 10.1 Å². The van der Waals surface area contributed by atoms with Crippen LogP contribution >= 0.6 is 0 Å². The minimum atomic E-state index is -5.76. The van der Waals surface area contributed by atoms with Crippen LogP contribution in [0.2, 0.25) is 0 Å². The van der Waals surface area contributed by atoms with Gasteiger partial charge in [0, 0.05) is 5.39 Å². The predicted molar refractivity (Wildman–Crippen MR) is 83.5 cm³/mol. The number of fused-ring (bicyclic) bond motifs is 1. The molecule has 0 spiro atoms. The number of hydrogen-bond donors (Lipinski definition) is 0. The monoisotopic (exact) mass is 373 g/mol. The minimum Gasteiger partial charge on any atom is -0.743 e. The summed E-state index contributed by atoms with van der Waals surface area (Å²) in [4.78, 5) is 0. The van der Waals surface area contributed by atoms with Gasteiger partial charge in [0.2, 0.25) is 0 Å². The Morgan fingerprint density at radius 1 is 1.20 bits per heavy atom. The number of benzene rings is 2. The Morgan fingerprint density at radius 3 is 2.56 bits per heavy atom. The van der Waals surface area contributed by atoms with Gasteiger partial charge in [-0.3, -0.25) is 0 Å². The Morgan fingerprint density at radius 2 is 1.88 bits per heavy atom. The van der Waals surface area contributed by atoms with Crippen molar-refractivity contribution in [1.29, 1.82) is 0 Å². The Balaban J connectivity index is 1.74. The normalized spacial score (nSPS) is 17.6. The number of rotatable bonds is 8. The van der Waals surface area contributed by atoms with E-state index in [9.17, 15) is 21.8 Å². The molecule has 0 N–H and O–H groups in total. The van der Waals surface area contributed by atoms with Crippen molar-refractivity contribution >= 4 is 20.9 Å². The zero-order chi connectivity index (χ0) is 18.1. The first kappa shape index (κ1) is 18.0. The molecule has 2 aromatic carbocycles. The largest absolute Gasteiger partial charge is 0.743 e. The molecule has 1 atom stereocenters. The Kier molecular flexibility index (Phi) is 4.92. The van der Waals surface area contributed by atoms with Crippen molar-refractivity contribution in [2.45, 2.75) is 18.0 Å². The molecule has 0 bridgehead atoms. The van der Waals surface area contributed by atoms with E-state index in [0.29, 0.717) is 24.5 Å². The van der Waals surface area contributed by atoms with E-state index >= 15 is 0 Å². The van der Waals surface area contributed by atoms with Crippen molar-refractivity contribution in [3.05, 3.63) is 42.0 Å². The first-order valence-corrected chi connectivity index (χ1v) is 8.85. The van der Waals surface area contributed by atoms with Gasteiger partial charge >= 0.3 is 5.25 Å². The van der Waals surface area contributed by atoms with Crippen molar-refractivity contribution in [3.63, 3.8) is 0 Å². The van der Waals surface area contributed by atoms with Crippen LogP contribution in [0.3, 0.4) is 0 Å². The van der Waals surface area contributed by atoms with Crippen molar-refractivity contribution in [3.8, 4) is 5.75 Å². The molecule has 1 aliphatic rings. The summed E-state index contributed by atoms with van der Waals surface area (Å²) in [6, 6.07) is 10.5. The third kappa shape index (κ3) is 4.24. The first-order chi connectivity index (χ1) is 11.8. The molecule has 1 unspecified atom stereocenters. The smallest absolute Gasteiger partial charge is 0.357 e. The van der Waals surface area contributed by atoms with Crippen LogP contribution in [0.25, 0.3) is 10.8 Å². The van der Waals surface area contributed by atoms with Crippen molar-refractivity contribution < 1.29 is 36.0 Å². The van der Waals surface area contributed by atoms with Crippen LogP contribution in [0.15, 0.2) is 36.4 Å². The summed E-state index contributed by atoms with van der Waals surface area (Å²) in [5.74, 6) is 0.627. The van der Waals surface area contributed by atoms with Crippen molar-refractivity contribution in [2.75, 3.05) is 19.8 Å². The summed E-state index contributed by atoms with van der Waals surface area (Å²) in [5, 5.41) is -2.96. The molecule has 3 rings (SSSR count). The maximum atomic E-state index is 13.1. The number of epoxide rings is 1. The topological polar surface area (TPSA) is 88.2 Å². The van der Waals surface area contributed by atoms with Crippen LogP contribution in [-0.4, -0.2) is 44.1 Å². The third-order valence-electron chi connectivity index (χ3n) is 3.69. The highest BCUT2D eigenvalue weighted by atomic mass is 32.2. The van der Waals surface area contributed by atoms with E-state index < -0.39 is 22.0 Å². The molecular formula is C16H15F2O6S-.